The van der Waals surface area contributed by atoms with E-state index in [2.05, 4.69) is 26.6 Å². The SMILES string of the molecule is CCc1cc(Br)ccc1NC(=O)N[C@H](CC(=O)O)C(=O)O. The van der Waals surface area contributed by atoms with Crippen LogP contribution in [0.1, 0.15) is 18.9 Å². The van der Waals surface area contributed by atoms with Gasteiger partial charge >= 0.3 is 18.0 Å². The second-order valence-electron chi connectivity index (χ2n) is 4.24. The third kappa shape index (κ3) is 5.42. The van der Waals surface area contributed by atoms with Gasteiger partial charge in [-0.15, -0.1) is 0 Å². The lowest BCUT2D eigenvalue weighted by Gasteiger charge is -2.15. The van der Waals surface area contributed by atoms with E-state index in [1.807, 2.05) is 13.0 Å². The molecule has 0 unspecified atom stereocenters. The van der Waals surface area contributed by atoms with Crippen LogP contribution in [0, 0.1) is 0 Å². The van der Waals surface area contributed by atoms with Gasteiger partial charge in [0.1, 0.15) is 6.04 Å². The third-order valence-electron chi connectivity index (χ3n) is 2.68. The average Bonchev–Trinajstić information content (AvgIpc) is 2.39. The number of hydrogen-bond acceptors (Lipinski definition) is 3. The number of hydrogen-bond donors (Lipinski definition) is 4. The molecule has 4 N–H and O–H groups in total. The fourth-order valence-corrected chi connectivity index (χ4v) is 2.08. The molecule has 0 radical (unpaired) electrons. The Morgan fingerprint density at radius 3 is 2.48 bits per heavy atom. The molecule has 114 valence electrons. The van der Waals surface area contributed by atoms with Crippen LogP contribution in [0.25, 0.3) is 0 Å². The molecule has 1 atom stereocenters. The summed E-state index contributed by atoms with van der Waals surface area (Å²) in [5.41, 5.74) is 1.40. The molecule has 1 rings (SSSR count). The molecule has 2 amide bonds. The Morgan fingerprint density at radius 1 is 1.29 bits per heavy atom. The number of carboxylic acid groups (broad SMARTS) is 2. The van der Waals surface area contributed by atoms with E-state index < -0.39 is 30.4 Å². The van der Waals surface area contributed by atoms with Gasteiger partial charge < -0.3 is 20.8 Å². The number of nitrogens with one attached hydrogen (secondary N) is 2. The fraction of sp³-hybridized carbons (Fsp3) is 0.308. The van der Waals surface area contributed by atoms with E-state index in [-0.39, 0.29) is 0 Å². The van der Waals surface area contributed by atoms with E-state index in [0.29, 0.717) is 12.1 Å². The van der Waals surface area contributed by atoms with Crippen molar-refractivity contribution in [2.24, 2.45) is 0 Å². The number of anilines is 1. The maximum absolute atomic E-state index is 11.8. The van der Waals surface area contributed by atoms with E-state index in [0.717, 1.165) is 10.0 Å². The smallest absolute Gasteiger partial charge is 0.326 e. The molecule has 0 fully saturated rings. The van der Waals surface area contributed by atoms with E-state index in [9.17, 15) is 14.4 Å². The minimum atomic E-state index is -1.48. The van der Waals surface area contributed by atoms with Crippen LogP contribution in [0.4, 0.5) is 10.5 Å². The minimum absolute atomic E-state index is 0.540. The average molecular weight is 359 g/mol. The lowest BCUT2D eigenvalue weighted by Crippen LogP contribution is -2.44. The fourth-order valence-electron chi connectivity index (χ4n) is 1.67. The topological polar surface area (TPSA) is 116 Å². The third-order valence-corrected chi connectivity index (χ3v) is 3.17. The van der Waals surface area contributed by atoms with Crippen molar-refractivity contribution in [3.8, 4) is 0 Å². The van der Waals surface area contributed by atoms with Gasteiger partial charge in [-0.1, -0.05) is 22.9 Å². The summed E-state index contributed by atoms with van der Waals surface area (Å²) in [6.45, 7) is 1.91. The first kappa shape index (κ1) is 17.0. The van der Waals surface area contributed by atoms with Crippen LogP contribution >= 0.6 is 15.9 Å². The number of aryl methyl sites for hydroxylation is 1. The number of urea groups is 1. The van der Waals surface area contributed by atoms with Gasteiger partial charge in [0.2, 0.25) is 0 Å². The summed E-state index contributed by atoms with van der Waals surface area (Å²) in [7, 11) is 0. The van der Waals surface area contributed by atoms with Gasteiger partial charge in [-0.25, -0.2) is 9.59 Å². The van der Waals surface area contributed by atoms with E-state index >= 15 is 0 Å². The van der Waals surface area contributed by atoms with Crippen molar-refractivity contribution in [1.82, 2.24) is 5.32 Å². The standard InChI is InChI=1S/C13H15BrN2O5/c1-2-7-5-8(14)3-4-9(7)15-13(21)16-10(12(19)20)6-11(17)18/h3-5,10H,2,6H2,1H3,(H,17,18)(H,19,20)(H2,15,16,21)/t10-/m1/s1. The maximum Gasteiger partial charge on any atom is 0.326 e. The van der Waals surface area contributed by atoms with Gasteiger partial charge in [0.25, 0.3) is 0 Å². The molecule has 0 saturated heterocycles. The molecule has 0 aliphatic rings. The molecule has 1 aromatic rings. The Morgan fingerprint density at radius 2 is 1.95 bits per heavy atom. The summed E-state index contributed by atoms with van der Waals surface area (Å²) >= 11 is 3.32. The molecular formula is C13H15BrN2O5. The van der Waals surface area contributed by atoms with Crippen molar-refractivity contribution in [3.63, 3.8) is 0 Å². The molecule has 0 aromatic heterocycles. The van der Waals surface area contributed by atoms with Crippen LogP contribution in [0.5, 0.6) is 0 Å². The molecule has 0 spiro atoms. The van der Waals surface area contributed by atoms with Crippen molar-refractivity contribution in [2.75, 3.05) is 5.32 Å². The van der Waals surface area contributed by atoms with Crippen LogP contribution in [-0.4, -0.2) is 34.2 Å². The predicted molar refractivity (Wildman–Crippen MR) is 79.4 cm³/mol. The van der Waals surface area contributed by atoms with Crippen molar-refractivity contribution < 1.29 is 24.6 Å². The van der Waals surface area contributed by atoms with Crippen LogP contribution < -0.4 is 10.6 Å². The Balaban J connectivity index is 2.76. The van der Waals surface area contributed by atoms with Gasteiger partial charge in [0, 0.05) is 10.2 Å². The second kappa shape index (κ2) is 7.63. The highest BCUT2D eigenvalue weighted by Crippen LogP contribution is 2.21. The number of carboxylic acids is 2. The van der Waals surface area contributed by atoms with Crippen molar-refractivity contribution in [3.05, 3.63) is 28.2 Å². The van der Waals surface area contributed by atoms with Gasteiger partial charge in [-0.05, 0) is 30.2 Å². The quantitative estimate of drug-likeness (QED) is 0.621. The minimum Gasteiger partial charge on any atom is -0.481 e. The normalized spacial score (nSPS) is 11.5. The highest BCUT2D eigenvalue weighted by atomic mass is 79.9. The van der Waals surface area contributed by atoms with Gasteiger partial charge in [0.05, 0.1) is 6.42 Å². The Labute approximate surface area is 129 Å². The Hall–Kier alpha value is -2.09. The Kier molecular flexibility index (Phi) is 6.16. The number of carbonyl (C=O) groups is 3. The summed E-state index contributed by atoms with van der Waals surface area (Å²) < 4.78 is 0.861. The zero-order chi connectivity index (χ0) is 16.0. The van der Waals surface area contributed by atoms with Crippen molar-refractivity contribution in [1.29, 1.82) is 0 Å². The predicted octanol–water partition coefficient (Wildman–Crippen LogP) is 2.06. The number of rotatable bonds is 6. The van der Waals surface area contributed by atoms with Crippen LogP contribution in [0.15, 0.2) is 22.7 Å². The second-order valence-corrected chi connectivity index (χ2v) is 5.16. The van der Waals surface area contributed by atoms with Crippen molar-refractivity contribution in [2.45, 2.75) is 25.8 Å². The van der Waals surface area contributed by atoms with E-state index in [1.54, 1.807) is 12.1 Å². The number of amides is 2. The molecule has 0 heterocycles. The molecule has 0 bridgehead atoms. The lowest BCUT2D eigenvalue weighted by atomic mass is 10.1. The summed E-state index contributed by atoms with van der Waals surface area (Å²) in [4.78, 5) is 33.2. The zero-order valence-corrected chi connectivity index (χ0v) is 12.8. The number of carbonyl (C=O) groups excluding carboxylic acids is 1. The molecule has 0 aliphatic carbocycles. The first-order valence-corrected chi connectivity index (χ1v) is 6.93. The highest BCUT2D eigenvalue weighted by molar-refractivity contribution is 9.10. The molecular weight excluding hydrogens is 344 g/mol. The van der Waals surface area contributed by atoms with Gasteiger partial charge in [0.15, 0.2) is 0 Å². The summed E-state index contributed by atoms with van der Waals surface area (Å²) in [5.74, 6) is -2.71. The van der Waals surface area contributed by atoms with Crippen LogP contribution in [-0.2, 0) is 16.0 Å². The highest BCUT2D eigenvalue weighted by Gasteiger charge is 2.23. The molecule has 21 heavy (non-hydrogen) atoms. The van der Waals surface area contributed by atoms with Gasteiger partial charge in [-0.3, -0.25) is 4.79 Å². The monoisotopic (exact) mass is 358 g/mol. The molecule has 8 heteroatoms. The number of halogens is 1. The van der Waals surface area contributed by atoms with E-state index in [1.165, 1.54) is 0 Å². The van der Waals surface area contributed by atoms with Crippen LogP contribution in [0.2, 0.25) is 0 Å². The molecule has 0 saturated carbocycles. The lowest BCUT2D eigenvalue weighted by molar-refractivity contribution is -0.145. The summed E-state index contributed by atoms with van der Waals surface area (Å²) in [6.07, 6.45) is -0.0176. The largest absolute Gasteiger partial charge is 0.481 e. The number of benzene rings is 1. The molecule has 1 aromatic carbocycles. The van der Waals surface area contributed by atoms with E-state index in [4.69, 9.17) is 10.2 Å². The first-order chi connectivity index (χ1) is 9.83. The molecule has 7 nitrogen and oxygen atoms in total. The summed E-state index contributed by atoms with van der Waals surface area (Å²) in [6, 6.07) is 3.00. The van der Waals surface area contributed by atoms with Crippen LogP contribution in [0.3, 0.4) is 0 Å². The zero-order valence-electron chi connectivity index (χ0n) is 11.2. The molecule has 0 aliphatic heterocycles. The Bertz CT molecular complexity index is 561. The van der Waals surface area contributed by atoms with Gasteiger partial charge in [-0.2, -0.15) is 0 Å². The maximum atomic E-state index is 11.8. The summed E-state index contributed by atoms with van der Waals surface area (Å²) in [5, 5.41) is 22.1. The van der Waals surface area contributed by atoms with Crippen molar-refractivity contribution >= 4 is 39.6 Å². The first-order valence-electron chi connectivity index (χ1n) is 6.14. The number of aliphatic carboxylic acids is 2.